The predicted molar refractivity (Wildman–Crippen MR) is 79.8 cm³/mol. The van der Waals surface area contributed by atoms with E-state index in [1.807, 2.05) is 31.2 Å². The molecular formula is C16H14N2O2. The first-order valence-electron chi connectivity index (χ1n) is 6.29. The zero-order chi connectivity index (χ0) is 14.1. The number of furan rings is 1. The summed E-state index contributed by atoms with van der Waals surface area (Å²) in [5.74, 6) is -0.00234. The van der Waals surface area contributed by atoms with E-state index in [0.717, 1.165) is 16.6 Å². The molecule has 0 atom stereocenters. The molecule has 0 spiro atoms. The highest BCUT2D eigenvalue weighted by Gasteiger charge is 2.12. The maximum Gasteiger partial charge on any atom is 0.291 e. The quantitative estimate of drug-likeness (QED) is 0.697. The highest BCUT2D eigenvalue weighted by atomic mass is 16.3. The highest BCUT2D eigenvalue weighted by Crippen LogP contribution is 2.22. The first-order valence-corrected chi connectivity index (χ1v) is 6.29. The van der Waals surface area contributed by atoms with Gasteiger partial charge in [-0.25, -0.2) is 0 Å². The Labute approximate surface area is 116 Å². The molecule has 0 aliphatic carbocycles. The molecule has 0 saturated heterocycles. The van der Waals surface area contributed by atoms with Gasteiger partial charge in [0, 0.05) is 16.8 Å². The van der Waals surface area contributed by atoms with E-state index in [9.17, 15) is 4.79 Å². The average molecular weight is 266 g/mol. The number of aryl methyl sites for hydroxylation is 1. The molecular weight excluding hydrogens is 252 g/mol. The lowest BCUT2D eigenvalue weighted by molar-refractivity contribution is 0.0998. The number of hydrogen-bond acceptors (Lipinski definition) is 3. The number of rotatable bonds is 2. The Morgan fingerprint density at radius 2 is 2.00 bits per heavy atom. The van der Waals surface area contributed by atoms with Gasteiger partial charge < -0.3 is 15.5 Å². The molecule has 1 aromatic heterocycles. The van der Waals surface area contributed by atoms with Crippen molar-refractivity contribution in [1.29, 1.82) is 0 Å². The third kappa shape index (κ3) is 2.36. The molecule has 0 saturated carbocycles. The zero-order valence-corrected chi connectivity index (χ0v) is 11.0. The van der Waals surface area contributed by atoms with Crippen LogP contribution in [-0.4, -0.2) is 5.91 Å². The zero-order valence-electron chi connectivity index (χ0n) is 11.0. The Bertz CT molecular complexity index is 790. The molecule has 0 aliphatic rings. The van der Waals surface area contributed by atoms with Crippen molar-refractivity contribution < 1.29 is 9.21 Å². The third-order valence-corrected chi connectivity index (χ3v) is 3.04. The third-order valence-electron chi connectivity index (χ3n) is 3.04. The van der Waals surface area contributed by atoms with Gasteiger partial charge in [0.25, 0.3) is 5.91 Å². The molecule has 0 bridgehead atoms. The summed E-state index contributed by atoms with van der Waals surface area (Å²) < 4.78 is 5.52. The summed E-state index contributed by atoms with van der Waals surface area (Å²) in [7, 11) is 0. The molecule has 0 fully saturated rings. The molecule has 3 aromatic rings. The molecule has 0 radical (unpaired) electrons. The van der Waals surface area contributed by atoms with Gasteiger partial charge in [-0.15, -0.1) is 0 Å². The summed E-state index contributed by atoms with van der Waals surface area (Å²) in [4.78, 5) is 12.1. The number of hydrogen-bond donors (Lipinski definition) is 2. The molecule has 0 aliphatic heterocycles. The van der Waals surface area contributed by atoms with Crippen molar-refractivity contribution in [2.45, 2.75) is 6.92 Å². The number of nitrogens with one attached hydrogen (secondary N) is 1. The molecule has 3 rings (SSSR count). The van der Waals surface area contributed by atoms with Crippen LogP contribution < -0.4 is 11.1 Å². The fraction of sp³-hybridized carbons (Fsp3) is 0.0625. The predicted octanol–water partition coefficient (Wildman–Crippen LogP) is 3.58. The molecule has 4 heteroatoms. The van der Waals surface area contributed by atoms with Crippen LogP contribution in [0.3, 0.4) is 0 Å². The lowest BCUT2D eigenvalue weighted by atomic mass is 10.2. The molecule has 1 amide bonds. The number of anilines is 2. The van der Waals surface area contributed by atoms with Gasteiger partial charge in [-0.05, 0) is 48.9 Å². The maximum atomic E-state index is 12.1. The van der Waals surface area contributed by atoms with E-state index in [1.165, 1.54) is 0 Å². The number of fused-ring (bicyclic) bond motifs is 1. The first-order chi connectivity index (χ1) is 9.61. The Hall–Kier alpha value is -2.75. The van der Waals surface area contributed by atoms with E-state index in [1.54, 1.807) is 24.3 Å². The van der Waals surface area contributed by atoms with E-state index in [-0.39, 0.29) is 11.7 Å². The molecule has 20 heavy (non-hydrogen) atoms. The largest absolute Gasteiger partial charge is 0.451 e. The van der Waals surface area contributed by atoms with Gasteiger partial charge >= 0.3 is 0 Å². The number of nitrogen functional groups attached to an aromatic ring is 1. The van der Waals surface area contributed by atoms with Crippen molar-refractivity contribution in [1.82, 2.24) is 0 Å². The topological polar surface area (TPSA) is 68.3 Å². The van der Waals surface area contributed by atoms with Gasteiger partial charge in [-0.3, -0.25) is 4.79 Å². The molecule has 0 unspecified atom stereocenters. The minimum absolute atomic E-state index is 0.270. The van der Waals surface area contributed by atoms with Crippen LogP contribution in [0.25, 0.3) is 11.0 Å². The lowest BCUT2D eigenvalue weighted by Gasteiger charge is -2.03. The van der Waals surface area contributed by atoms with Gasteiger partial charge in [0.1, 0.15) is 5.58 Å². The molecule has 3 N–H and O–H groups in total. The van der Waals surface area contributed by atoms with E-state index in [4.69, 9.17) is 10.2 Å². The molecule has 2 aromatic carbocycles. The van der Waals surface area contributed by atoms with Gasteiger partial charge in [0.15, 0.2) is 5.76 Å². The van der Waals surface area contributed by atoms with Crippen molar-refractivity contribution in [2.75, 3.05) is 11.1 Å². The smallest absolute Gasteiger partial charge is 0.291 e. The monoisotopic (exact) mass is 266 g/mol. The van der Waals surface area contributed by atoms with Gasteiger partial charge in [0.2, 0.25) is 0 Å². The van der Waals surface area contributed by atoms with Gasteiger partial charge in [-0.1, -0.05) is 12.1 Å². The molecule has 100 valence electrons. The van der Waals surface area contributed by atoms with Crippen molar-refractivity contribution in [3.05, 3.63) is 59.9 Å². The van der Waals surface area contributed by atoms with E-state index < -0.39 is 0 Å². The fourth-order valence-electron chi connectivity index (χ4n) is 2.09. The SMILES string of the molecule is Cc1cccc(NC(=O)c2cc3cc(N)ccc3o2)c1. The van der Waals surface area contributed by atoms with Crippen molar-refractivity contribution >= 4 is 28.3 Å². The first kappa shape index (κ1) is 12.3. The van der Waals surface area contributed by atoms with Crippen LogP contribution in [0, 0.1) is 6.92 Å². The van der Waals surface area contributed by atoms with E-state index >= 15 is 0 Å². The second-order valence-corrected chi connectivity index (χ2v) is 4.73. The van der Waals surface area contributed by atoms with Crippen LogP contribution in [0.5, 0.6) is 0 Å². The van der Waals surface area contributed by atoms with Crippen molar-refractivity contribution in [2.24, 2.45) is 0 Å². The molecule has 1 heterocycles. The summed E-state index contributed by atoms with van der Waals surface area (Å²) in [5.41, 5.74) is 8.83. The van der Waals surface area contributed by atoms with Crippen LogP contribution in [0.2, 0.25) is 0 Å². The number of nitrogens with two attached hydrogens (primary N) is 1. The minimum atomic E-state index is -0.273. The molecule has 4 nitrogen and oxygen atoms in total. The maximum absolute atomic E-state index is 12.1. The highest BCUT2D eigenvalue weighted by molar-refractivity contribution is 6.04. The van der Waals surface area contributed by atoms with Gasteiger partial charge in [0.05, 0.1) is 0 Å². The Morgan fingerprint density at radius 1 is 1.15 bits per heavy atom. The Morgan fingerprint density at radius 3 is 2.80 bits per heavy atom. The number of carbonyl (C=O) groups excluding carboxylic acids is 1. The second kappa shape index (κ2) is 4.74. The van der Waals surface area contributed by atoms with Gasteiger partial charge in [-0.2, -0.15) is 0 Å². The lowest BCUT2D eigenvalue weighted by Crippen LogP contribution is -2.10. The van der Waals surface area contributed by atoms with Crippen LogP contribution in [0.4, 0.5) is 11.4 Å². The van der Waals surface area contributed by atoms with Crippen molar-refractivity contribution in [3.63, 3.8) is 0 Å². The van der Waals surface area contributed by atoms with Crippen LogP contribution in [0.1, 0.15) is 16.1 Å². The van der Waals surface area contributed by atoms with Crippen LogP contribution in [-0.2, 0) is 0 Å². The average Bonchev–Trinajstić information content (AvgIpc) is 2.81. The number of carbonyl (C=O) groups is 1. The summed E-state index contributed by atoms with van der Waals surface area (Å²) in [6.07, 6.45) is 0. The Kier molecular flexibility index (Phi) is 2.91. The number of benzene rings is 2. The number of amides is 1. The van der Waals surface area contributed by atoms with E-state index in [0.29, 0.717) is 11.3 Å². The van der Waals surface area contributed by atoms with Crippen LogP contribution >= 0.6 is 0 Å². The summed E-state index contributed by atoms with van der Waals surface area (Å²) in [5, 5.41) is 3.63. The fourth-order valence-corrected chi connectivity index (χ4v) is 2.09. The minimum Gasteiger partial charge on any atom is -0.451 e. The second-order valence-electron chi connectivity index (χ2n) is 4.73. The van der Waals surface area contributed by atoms with Crippen molar-refractivity contribution in [3.8, 4) is 0 Å². The summed E-state index contributed by atoms with van der Waals surface area (Å²) in [6, 6.07) is 14.6. The van der Waals surface area contributed by atoms with E-state index in [2.05, 4.69) is 5.32 Å². The summed E-state index contributed by atoms with van der Waals surface area (Å²) in [6.45, 7) is 1.97. The summed E-state index contributed by atoms with van der Waals surface area (Å²) >= 11 is 0. The standard InChI is InChI=1S/C16H14N2O2/c1-10-3-2-4-13(7-10)18-16(19)15-9-11-8-12(17)5-6-14(11)20-15/h2-9H,17H2,1H3,(H,18,19). The normalized spacial score (nSPS) is 10.7. The Balaban J connectivity index is 1.88. The van der Waals surface area contributed by atoms with Crippen LogP contribution in [0.15, 0.2) is 52.9 Å².